The number of ketones is 1. The largest absolute Gasteiger partial charge is 0.872 e. The summed E-state index contributed by atoms with van der Waals surface area (Å²) in [4.78, 5) is 29.3. The van der Waals surface area contributed by atoms with E-state index in [1.54, 1.807) is 47.4 Å². The van der Waals surface area contributed by atoms with Crippen LogP contribution in [0.5, 0.6) is 5.75 Å². The first kappa shape index (κ1) is 24.3. The Labute approximate surface area is 205 Å². The number of likely N-dealkylation sites (tertiary alicyclic amines) is 1. The highest BCUT2D eigenvalue weighted by Gasteiger charge is 2.44. The summed E-state index contributed by atoms with van der Waals surface area (Å²) in [6.45, 7) is 9.54. The van der Waals surface area contributed by atoms with Crippen LogP contribution in [0, 0.1) is 0 Å². The molecule has 2 unspecified atom stereocenters. The van der Waals surface area contributed by atoms with Crippen molar-refractivity contribution in [2.75, 3.05) is 26.2 Å². The fourth-order valence-corrected chi connectivity index (χ4v) is 5.04. The number of carbonyl (C=O) groups is 2. The summed E-state index contributed by atoms with van der Waals surface area (Å²) in [6, 6.07) is 11.5. The second-order valence-corrected chi connectivity index (χ2v) is 9.48. The van der Waals surface area contributed by atoms with Crippen molar-refractivity contribution in [3.05, 3.63) is 69.8 Å². The van der Waals surface area contributed by atoms with Crippen molar-refractivity contribution in [3.8, 4) is 5.75 Å². The third kappa shape index (κ3) is 4.70. The zero-order chi connectivity index (χ0) is 24.4. The van der Waals surface area contributed by atoms with E-state index in [-0.39, 0.29) is 11.7 Å². The maximum absolute atomic E-state index is 13.6. The number of benzene rings is 2. The molecular weight excluding hydrogens is 452 g/mol. The Balaban J connectivity index is 1.72. The number of halogens is 1. The van der Waals surface area contributed by atoms with Crippen LogP contribution in [-0.2, 0) is 16.0 Å². The summed E-state index contributed by atoms with van der Waals surface area (Å²) in [6.07, 6.45) is 1.50. The summed E-state index contributed by atoms with van der Waals surface area (Å²) in [5.74, 6) is -0.976. The van der Waals surface area contributed by atoms with Crippen molar-refractivity contribution < 1.29 is 24.3 Å². The van der Waals surface area contributed by atoms with Crippen LogP contribution in [0.25, 0.3) is 5.76 Å². The zero-order valence-electron chi connectivity index (χ0n) is 19.9. The minimum Gasteiger partial charge on any atom is -0.872 e. The molecule has 2 aromatic rings. The summed E-state index contributed by atoms with van der Waals surface area (Å²) >= 11 is 6.09. The van der Waals surface area contributed by atoms with Gasteiger partial charge in [-0.2, -0.15) is 0 Å². The topological polar surface area (TPSA) is 74.1 Å². The van der Waals surface area contributed by atoms with Gasteiger partial charge in [-0.05, 0) is 61.7 Å². The van der Waals surface area contributed by atoms with Crippen molar-refractivity contribution in [2.24, 2.45) is 0 Å². The van der Waals surface area contributed by atoms with Crippen LogP contribution in [-0.4, -0.2) is 48.9 Å². The molecule has 1 fully saturated rings. The molecular formula is C27H31ClN2O4. The predicted octanol–water partition coefficient (Wildman–Crippen LogP) is 2.20. The lowest BCUT2D eigenvalue weighted by Crippen LogP contribution is -3.11. The first-order valence-corrected chi connectivity index (χ1v) is 12.4. The number of Topliss-reactive ketones (excluding diaryl/α,β-unsaturated/α-hetero) is 1. The molecule has 0 spiro atoms. The van der Waals surface area contributed by atoms with Crippen molar-refractivity contribution in [1.29, 1.82) is 0 Å². The van der Waals surface area contributed by atoms with Crippen molar-refractivity contribution >= 4 is 29.1 Å². The van der Waals surface area contributed by atoms with E-state index in [1.807, 2.05) is 6.92 Å². The fraction of sp³-hybridized carbons (Fsp3) is 0.407. The van der Waals surface area contributed by atoms with E-state index in [9.17, 15) is 14.7 Å². The predicted molar refractivity (Wildman–Crippen MR) is 130 cm³/mol. The molecule has 0 bridgehead atoms. The Morgan fingerprint density at radius 1 is 1.15 bits per heavy atom. The van der Waals surface area contributed by atoms with E-state index in [2.05, 4.69) is 13.8 Å². The van der Waals surface area contributed by atoms with Crippen molar-refractivity contribution in [3.63, 3.8) is 0 Å². The Morgan fingerprint density at radius 2 is 1.85 bits per heavy atom. The molecule has 7 heteroatoms. The van der Waals surface area contributed by atoms with E-state index >= 15 is 0 Å². The van der Waals surface area contributed by atoms with Gasteiger partial charge >= 0.3 is 0 Å². The van der Waals surface area contributed by atoms with Gasteiger partial charge < -0.3 is 19.6 Å². The molecule has 0 aromatic heterocycles. The lowest BCUT2D eigenvalue weighted by molar-refractivity contribution is -0.896. The molecule has 6 nitrogen and oxygen atoms in total. The number of ether oxygens (including phenoxy) is 1. The average molecular weight is 483 g/mol. The molecule has 4 rings (SSSR count). The van der Waals surface area contributed by atoms with Crippen LogP contribution in [0.3, 0.4) is 0 Å². The minimum absolute atomic E-state index is 0.00872. The smallest absolute Gasteiger partial charge is 0.295 e. The standard InChI is InChI=1S/C27H31ClN2O4/c1-4-29(5-2)13-6-14-30-24(18-7-10-21(28)11-8-18)23(26(32)27(30)33)25(31)19-9-12-22-20(16-19)15-17(3)34-22/h7-12,16-17,24,31H,4-6,13-15H2,1-3H3/b25-23+. The summed E-state index contributed by atoms with van der Waals surface area (Å²) < 4.78 is 5.74. The van der Waals surface area contributed by atoms with Crippen molar-refractivity contribution in [1.82, 2.24) is 4.90 Å². The Kier molecular flexibility index (Phi) is 7.29. The quantitative estimate of drug-likeness (QED) is 0.355. The Morgan fingerprint density at radius 3 is 2.53 bits per heavy atom. The van der Waals surface area contributed by atoms with Crippen LogP contribution >= 0.6 is 11.6 Å². The van der Waals surface area contributed by atoms with E-state index in [1.165, 1.54) is 4.90 Å². The van der Waals surface area contributed by atoms with Gasteiger partial charge in [-0.1, -0.05) is 35.6 Å². The van der Waals surface area contributed by atoms with Gasteiger partial charge in [0.1, 0.15) is 11.9 Å². The molecule has 1 N–H and O–H groups in total. The molecule has 1 saturated heterocycles. The number of amides is 1. The van der Waals surface area contributed by atoms with Gasteiger partial charge in [0, 0.05) is 30.0 Å². The number of carbonyl (C=O) groups excluding carboxylic acids is 2. The van der Waals surface area contributed by atoms with Crippen LogP contribution in [0.1, 0.15) is 49.9 Å². The lowest BCUT2D eigenvalue weighted by Gasteiger charge is -2.28. The van der Waals surface area contributed by atoms with Crippen molar-refractivity contribution in [2.45, 2.75) is 45.8 Å². The Bertz CT molecular complexity index is 1110. The van der Waals surface area contributed by atoms with Crippen LogP contribution < -0.4 is 14.7 Å². The monoisotopic (exact) mass is 482 g/mol. The van der Waals surface area contributed by atoms with E-state index in [0.29, 0.717) is 29.1 Å². The van der Waals surface area contributed by atoms with Gasteiger partial charge in [-0.15, -0.1) is 0 Å². The van der Waals surface area contributed by atoms with E-state index in [0.717, 1.165) is 37.4 Å². The molecule has 34 heavy (non-hydrogen) atoms. The number of fused-ring (bicyclic) bond motifs is 1. The molecule has 0 saturated carbocycles. The van der Waals surface area contributed by atoms with Gasteiger partial charge in [0.05, 0.1) is 25.7 Å². The number of nitrogens with zero attached hydrogens (tertiary/aromatic N) is 1. The third-order valence-electron chi connectivity index (χ3n) is 6.80. The summed E-state index contributed by atoms with van der Waals surface area (Å²) in [5, 5.41) is 14.2. The first-order chi connectivity index (χ1) is 16.3. The molecule has 2 atom stereocenters. The second-order valence-electron chi connectivity index (χ2n) is 9.04. The fourth-order valence-electron chi connectivity index (χ4n) is 4.91. The van der Waals surface area contributed by atoms with Crippen LogP contribution in [0.4, 0.5) is 0 Å². The molecule has 2 heterocycles. The third-order valence-corrected chi connectivity index (χ3v) is 7.05. The van der Waals surface area contributed by atoms with Gasteiger partial charge in [0.25, 0.3) is 5.91 Å². The lowest BCUT2D eigenvalue weighted by atomic mass is 9.94. The van der Waals surface area contributed by atoms with Gasteiger partial charge in [-0.3, -0.25) is 9.59 Å². The maximum atomic E-state index is 13.6. The molecule has 0 aliphatic carbocycles. The maximum Gasteiger partial charge on any atom is 0.295 e. The highest BCUT2D eigenvalue weighted by molar-refractivity contribution is 6.46. The highest BCUT2D eigenvalue weighted by atomic mass is 35.5. The number of hydrogen-bond acceptors (Lipinski definition) is 4. The first-order valence-electron chi connectivity index (χ1n) is 12.0. The van der Waals surface area contributed by atoms with E-state index in [4.69, 9.17) is 16.3 Å². The SMILES string of the molecule is CC[NH+](CC)CCCN1C(=O)C(=O)/C(=C(/[O-])c2ccc3c(c2)CC(C)O3)C1c1ccc(Cl)cc1. The van der Waals surface area contributed by atoms with Gasteiger partial charge in [0.15, 0.2) is 0 Å². The average Bonchev–Trinajstić information content (AvgIpc) is 3.32. The number of quaternary nitrogens is 1. The molecule has 2 aliphatic heterocycles. The van der Waals surface area contributed by atoms with Crippen LogP contribution in [0.15, 0.2) is 48.0 Å². The van der Waals surface area contributed by atoms with Gasteiger partial charge in [0.2, 0.25) is 5.78 Å². The Hall–Kier alpha value is -2.83. The molecule has 1 amide bonds. The number of hydrogen-bond donors (Lipinski definition) is 1. The minimum atomic E-state index is -0.722. The number of rotatable bonds is 8. The van der Waals surface area contributed by atoms with E-state index < -0.39 is 23.5 Å². The van der Waals surface area contributed by atoms with Gasteiger partial charge in [-0.25, -0.2) is 0 Å². The molecule has 180 valence electrons. The zero-order valence-corrected chi connectivity index (χ0v) is 20.7. The normalized spacial score (nSPS) is 21.3. The summed E-state index contributed by atoms with van der Waals surface area (Å²) in [5.41, 5.74) is 2.06. The molecule has 2 aliphatic rings. The number of nitrogens with one attached hydrogen (secondary N) is 1. The van der Waals surface area contributed by atoms with Crippen LogP contribution in [0.2, 0.25) is 5.02 Å². The summed E-state index contributed by atoms with van der Waals surface area (Å²) in [7, 11) is 0. The highest BCUT2D eigenvalue weighted by Crippen LogP contribution is 2.40. The molecule has 0 radical (unpaired) electrons. The second kappa shape index (κ2) is 10.2. The molecule has 2 aromatic carbocycles.